The Morgan fingerprint density at radius 3 is 2.20 bits per heavy atom. The van der Waals surface area contributed by atoms with E-state index in [0.717, 1.165) is 6.26 Å². The maximum atomic E-state index is 13.1. The number of halogens is 8. The van der Waals surface area contributed by atoms with Crippen LogP contribution in [0.2, 0.25) is 0 Å². The van der Waals surface area contributed by atoms with E-state index in [-0.39, 0.29) is 6.42 Å². The summed E-state index contributed by atoms with van der Waals surface area (Å²) in [7, 11) is 0. The zero-order chi connectivity index (χ0) is 15.6. The molecule has 0 bridgehead atoms. The SMILES string of the molecule is FC(F)C(F)(F)C(F)(F)C(F)(F)COC1CCC=CO1. The van der Waals surface area contributed by atoms with Crippen LogP contribution >= 0.6 is 0 Å². The minimum Gasteiger partial charge on any atom is -0.473 e. The van der Waals surface area contributed by atoms with Crippen molar-refractivity contribution in [2.75, 3.05) is 6.61 Å². The zero-order valence-electron chi connectivity index (χ0n) is 9.77. The van der Waals surface area contributed by atoms with Gasteiger partial charge in [-0.3, -0.25) is 0 Å². The monoisotopic (exact) mass is 314 g/mol. The average Bonchev–Trinajstić information content (AvgIpc) is 2.37. The largest absolute Gasteiger partial charge is 0.473 e. The van der Waals surface area contributed by atoms with E-state index in [1.165, 1.54) is 6.08 Å². The first-order valence-electron chi connectivity index (χ1n) is 5.36. The standard InChI is InChI=1S/C10H10F8O2/c11-7(12)9(15,16)10(17,18)8(13,14)5-20-6-3-1-2-4-19-6/h2,4,6-7H,1,3,5H2. The van der Waals surface area contributed by atoms with Gasteiger partial charge in [0.25, 0.3) is 0 Å². The lowest BCUT2D eigenvalue weighted by Gasteiger charge is -2.33. The Kier molecular flexibility index (Phi) is 4.88. The molecule has 118 valence electrons. The molecule has 0 amide bonds. The summed E-state index contributed by atoms with van der Waals surface area (Å²) in [5, 5.41) is 0. The van der Waals surface area contributed by atoms with Crippen molar-refractivity contribution in [3.05, 3.63) is 12.3 Å². The Hall–Kier alpha value is -1.06. The van der Waals surface area contributed by atoms with Gasteiger partial charge in [0.1, 0.15) is 6.61 Å². The first-order chi connectivity index (χ1) is 9.02. The molecule has 10 heteroatoms. The highest BCUT2D eigenvalue weighted by atomic mass is 19.4. The molecular formula is C10H10F8O2. The summed E-state index contributed by atoms with van der Waals surface area (Å²) in [4.78, 5) is 0. The maximum absolute atomic E-state index is 13.1. The van der Waals surface area contributed by atoms with Gasteiger partial charge < -0.3 is 9.47 Å². The number of hydrogen-bond donors (Lipinski definition) is 0. The van der Waals surface area contributed by atoms with Crippen LogP contribution < -0.4 is 0 Å². The molecule has 0 aliphatic carbocycles. The van der Waals surface area contributed by atoms with E-state index in [9.17, 15) is 35.1 Å². The minimum absolute atomic E-state index is 0.0450. The van der Waals surface area contributed by atoms with Crippen molar-refractivity contribution < 1.29 is 44.6 Å². The molecule has 0 aromatic heterocycles. The van der Waals surface area contributed by atoms with Crippen molar-refractivity contribution in [1.29, 1.82) is 0 Å². The molecule has 2 nitrogen and oxygen atoms in total. The molecule has 1 atom stereocenters. The molecule has 1 heterocycles. The van der Waals surface area contributed by atoms with Gasteiger partial charge in [0.15, 0.2) is 6.29 Å². The van der Waals surface area contributed by atoms with E-state index in [0.29, 0.717) is 6.42 Å². The number of hydrogen-bond acceptors (Lipinski definition) is 2. The summed E-state index contributed by atoms with van der Waals surface area (Å²) in [6.45, 7) is -2.17. The molecule has 1 aliphatic heterocycles. The topological polar surface area (TPSA) is 18.5 Å². The first kappa shape index (κ1) is 17.0. The van der Waals surface area contributed by atoms with E-state index in [2.05, 4.69) is 9.47 Å². The third-order valence-electron chi connectivity index (χ3n) is 2.50. The molecule has 0 aromatic carbocycles. The van der Waals surface area contributed by atoms with Crippen LogP contribution in [0.25, 0.3) is 0 Å². The zero-order valence-corrected chi connectivity index (χ0v) is 9.77. The predicted octanol–water partition coefficient (Wildman–Crippen LogP) is 3.82. The fourth-order valence-electron chi connectivity index (χ4n) is 1.30. The Balaban J connectivity index is 2.73. The second-order valence-corrected chi connectivity index (χ2v) is 4.03. The molecule has 0 fully saturated rings. The Morgan fingerprint density at radius 1 is 1.15 bits per heavy atom. The molecule has 0 aromatic rings. The number of allylic oxidation sites excluding steroid dienone is 1. The Morgan fingerprint density at radius 2 is 1.75 bits per heavy atom. The molecule has 1 unspecified atom stereocenters. The summed E-state index contributed by atoms with van der Waals surface area (Å²) < 4.78 is 109. The molecule has 1 aliphatic rings. The highest BCUT2D eigenvalue weighted by Crippen LogP contribution is 2.48. The number of rotatable bonds is 6. The fraction of sp³-hybridized carbons (Fsp3) is 0.800. The van der Waals surface area contributed by atoms with Crippen LogP contribution in [0.5, 0.6) is 0 Å². The van der Waals surface area contributed by atoms with Gasteiger partial charge in [-0.05, 0) is 12.5 Å². The third kappa shape index (κ3) is 3.15. The average molecular weight is 314 g/mol. The van der Waals surface area contributed by atoms with Crippen molar-refractivity contribution >= 4 is 0 Å². The van der Waals surface area contributed by atoms with Crippen LogP contribution in [0.1, 0.15) is 12.8 Å². The smallest absolute Gasteiger partial charge is 0.380 e. The highest BCUT2D eigenvalue weighted by Gasteiger charge is 2.75. The van der Waals surface area contributed by atoms with Gasteiger partial charge in [-0.25, -0.2) is 8.78 Å². The second kappa shape index (κ2) is 5.74. The molecule has 0 N–H and O–H groups in total. The van der Waals surface area contributed by atoms with Crippen LogP contribution in [0, 0.1) is 0 Å². The van der Waals surface area contributed by atoms with Gasteiger partial charge in [0, 0.05) is 6.42 Å². The summed E-state index contributed by atoms with van der Waals surface area (Å²) in [5.74, 6) is -17.9. The maximum Gasteiger partial charge on any atom is 0.380 e. The van der Waals surface area contributed by atoms with Gasteiger partial charge in [-0.1, -0.05) is 0 Å². The van der Waals surface area contributed by atoms with E-state index in [1.54, 1.807) is 0 Å². The Labute approximate surface area is 108 Å². The van der Waals surface area contributed by atoms with Gasteiger partial charge >= 0.3 is 24.2 Å². The van der Waals surface area contributed by atoms with Crippen molar-refractivity contribution in [3.8, 4) is 0 Å². The normalized spacial score (nSPS) is 21.1. The lowest BCUT2D eigenvalue weighted by atomic mass is 10.1. The summed E-state index contributed by atoms with van der Waals surface area (Å²) in [6, 6.07) is 0. The second-order valence-electron chi connectivity index (χ2n) is 4.03. The van der Waals surface area contributed by atoms with Gasteiger partial charge in [0.2, 0.25) is 0 Å². The fourth-order valence-corrected chi connectivity index (χ4v) is 1.30. The summed E-state index contributed by atoms with van der Waals surface area (Å²) >= 11 is 0. The Bertz CT molecular complexity index is 355. The van der Waals surface area contributed by atoms with Crippen LogP contribution in [-0.4, -0.2) is 37.1 Å². The number of alkyl halides is 8. The molecule has 0 saturated carbocycles. The van der Waals surface area contributed by atoms with Crippen LogP contribution in [0.3, 0.4) is 0 Å². The predicted molar refractivity (Wildman–Crippen MR) is 50.0 cm³/mol. The van der Waals surface area contributed by atoms with E-state index >= 15 is 0 Å². The molecule has 0 radical (unpaired) electrons. The first-order valence-corrected chi connectivity index (χ1v) is 5.36. The van der Waals surface area contributed by atoms with E-state index < -0.39 is 37.1 Å². The van der Waals surface area contributed by atoms with Gasteiger partial charge in [0.05, 0.1) is 6.26 Å². The lowest BCUT2D eigenvalue weighted by molar-refractivity contribution is -0.351. The lowest BCUT2D eigenvalue weighted by Crippen LogP contribution is -2.59. The molecule has 20 heavy (non-hydrogen) atoms. The van der Waals surface area contributed by atoms with Gasteiger partial charge in [-0.2, -0.15) is 26.3 Å². The van der Waals surface area contributed by atoms with E-state index in [4.69, 9.17) is 0 Å². The molecular weight excluding hydrogens is 304 g/mol. The summed E-state index contributed by atoms with van der Waals surface area (Å²) in [5.41, 5.74) is 0. The van der Waals surface area contributed by atoms with Gasteiger partial charge in [-0.15, -0.1) is 0 Å². The highest BCUT2D eigenvalue weighted by molar-refractivity contribution is 4.98. The quantitative estimate of drug-likeness (QED) is 0.694. The van der Waals surface area contributed by atoms with Crippen molar-refractivity contribution in [1.82, 2.24) is 0 Å². The number of ether oxygens (including phenoxy) is 2. The minimum atomic E-state index is -6.25. The molecule has 0 saturated heterocycles. The molecule has 1 rings (SSSR count). The molecule has 0 spiro atoms. The van der Waals surface area contributed by atoms with Crippen molar-refractivity contribution in [2.24, 2.45) is 0 Å². The van der Waals surface area contributed by atoms with Crippen LogP contribution in [0.15, 0.2) is 12.3 Å². The van der Waals surface area contributed by atoms with Crippen molar-refractivity contribution in [3.63, 3.8) is 0 Å². The summed E-state index contributed by atoms with van der Waals surface area (Å²) in [6.07, 6.45) is -3.29. The van der Waals surface area contributed by atoms with Crippen LogP contribution in [-0.2, 0) is 9.47 Å². The van der Waals surface area contributed by atoms with Crippen molar-refractivity contribution in [2.45, 2.75) is 43.3 Å². The van der Waals surface area contributed by atoms with Crippen LogP contribution in [0.4, 0.5) is 35.1 Å². The van der Waals surface area contributed by atoms with E-state index in [1.807, 2.05) is 0 Å². The third-order valence-corrected chi connectivity index (χ3v) is 2.50.